The van der Waals surface area contributed by atoms with Gasteiger partial charge < -0.3 is 20.1 Å². The maximum atomic E-state index is 14.2. The molecule has 6 nitrogen and oxygen atoms in total. The van der Waals surface area contributed by atoms with E-state index in [-0.39, 0.29) is 22.7 Å². The number of benzene rings is 2. The minimum Gasteiger partial charge on any atom is -0.478 e. The van der Waals surface area contributed by atoms with Gasteiger partial charge in [0.1, 0.15) is 11.4 Å². The van der Waals surface area contributed by atoms with Crippen molar-refractivity contribution in [2.75, 3.05) is 18.4 Å². The number of hydrogen-bond acceptors (Lipinski definition) is 4. The SMILES string of the molecule is CC(C)(C)OC(=O)N1CC[C@H](Nc2ccc(F)c(Cl)c2-c2ccc(C(=O)O)cc2)C1. The number of amides is 1. The molecule has 0 saturated carbocycles. The number of anilines is 1. The van der Waals surface area contributed by atoms with Crippen molar-refractivity contribution in [2.45, 2.75) is 38.8 Å². The van der Waals surface area contributed by atoms with Gasteiger partial charge in [-0.15, -0.1) is 0 Å². The average molecular weight is 435 g/mol. The summed E-state index contributed by atoms with van der Waals surface area (Å²) in [6.07, 6.45) is 0.333. The van der Waals surface area contributed by atoms with Crippen LogP contribution in [0.5, 0.6) is 0 Å². The monoisotopic (exact) mass is 434 g/mol. The zero-order valence-corrected chi connectivity index (χ0v) is 17.8. The lowest BCUT2D eigenvalue weighted by Gasteiger charge is -2.25. The number of carboxylic acid groups (broad SMARTS) is 1. The topological polar surface area (TPSA) is 78.9 Å². The molecule has 1 aliphatic heterocycles. The van der Waals surface area contributed by atoms with Crippen molar-refractivity contribution < 1.29 is 23.8 Å². The van der Waals surface area contributed by atoms with E-state index in [1.807, 2.05) is 20.8 Å². The van der Waals surface area contributed by atoms with Gasteiger partial charge in [0.25, 0.3) is 0 Å². The Morgan fingerprint density at radius 2 is 1.87 bits per heavy atom. The third-order valence-corrected chi connectivity index (χ3v) is 5.08. The van der Waals surface area contributed by atoms with Crippen LogP contribution in [0.2, 0.25) is 5.02 Å². The number of halogens is 2. The number of nitrogens with one attached hydrogen (secondary N) is 1. The molecule has 1 aliphatic rings. The van der Waals surface area contributed by atoms with Crippen LogP contribution in [0.1, 0.15) is 37.6 Å². The molecule has 0 spiro atoms. The van der Waals surface area contributed by atoms with Gasteiger partial charge in [-0.2, -0.15) is 0 Å². The molecule has 2 N–H and O–H groups in total. The molecule has 0 radical (unpaired) electrons. The normalized spacial score (nSPS) is 16.4. The third-order valence-electron chi connectivity index (χ3n) is 4.71. The highest BCUT2D eigenvalue weighted by atomic mass is 35.5. The fraction of sp³-hybridized carbons (Fsp3) is 0.364. The molecule has 2 aromatic carbocycles. The maximum absolute atomic E-state index is 14.2. The van der Waals surface area contributed by atoms with Crippen molar-refractivity contribution in [3.8, 4) is 11.1 Å². The van der Waals surface area contributed by atoms with Crippen LogP contribution in [0.15, 0.2) is 36.4 Å². The number of likely N-dealkylation sites (tertiary alicyclic amines) is 1. The number of aromatic carboxylic acids is 1. The molecule has 8 heteroatoms. The molecule has 0 bridgehead atoms. The van der Waals surface area contributed by atoms with E-state index in [1.165, 1.54) is 18.2 Å². The van der Waals surface area contributed by atoms with Gasteiger partial charge in [0.2, 0.25) is 0 Å². The van der Waals surface area contributed by atoms with E-state index < -0.39 is 17.4 Å². The molecule has 0 aromatic heterocycles. The quantitative estimate of drug-likeness (QED) is 0.685. The zero-order valence-electron chi connectivity index (χ0n) is 17.0. The van der Waals surface area contributed by atoms with E-state index >= 15 is 0 Å². The van der Waals surface area contributed by atoms with Crippen LogP contribution < -0.4 is 5.32 Å². The maximum Gasteiger partial charge on any atom is 0.410 e. The Hall–Kier alpha value is -2.80. The number of rotatable bonds is 4. The van der Waals surface area contributed by atoms with Crippen molar-refractivity contribution in [1.29, 1.82) is 0 Å². The standard InChI is InChI=1S/C22H24ClFN2O4/c1-22(2,3)30-21(29)26-11-10-15(12-26)25-17-9-8-16(24)19(23)18(17)13-4-6-14(7-5-13)20(27)28/h4-9,15,25H,10-12H2,1-3H3,(H,27,28)/t15-/m0/s1. The number of carbonyl (C=O) groups excluding carboxylic acids is 1. The first-order valence-corrected chi connectivity index (χ1v) is 9.99. The van der Waals surface area contributed by atoms with Gasteiger partial charge >= 0.3 is 12.1 Å². The van der Waals surface area contributed by atoms with Gasteiger partial charge in [0.05, 0.1) is 10.6 Å². The smallest absolute Gasteiger partial charge is 0.410 e. The molecule has 1 saturated heterocycles. The number of carbonyl (C=O) groups is 2. The second kappa shape index (κ2) is 8.52. The molecule has 3 rings (SSSR count). The first-order chi connectivity index (χ1) is 14.0. The van der Waals surface area contributed by atoms with Gasteiger partial charge in [-0.3, -0.25) is 0 Å². The largest absolute Gasteiger partial charge is 0.478 e. The van der Waals surface area contributed by atoms with Crippen LogP contribution in [-0.2, 0) is 4.74 Å². The first-order valence-electron chi connectivity index (χ1n) is 9.61. The highest BCUT2D eigenvalue weighted by molar-refractivity contribution is 6.34. The summed E-state index contributed by atoms with van der Waals surface area (Å²) in [5.74, 6) is -1.61. The molecule has 1 atom stereocenters. The highest BCUT2D eigenvalue weighted by Gasteiger charge is 2.30. The number of carboxylic acids is 1. The number of nitrogens with zero attached hydrogens (tertiary/aromatic N) is 1. The summed E-state index contributed by atoms with van der Waals surface area (Å²) in [6.45, 7) is 6.45. The summed E-state index contributed by atoms with van der Waals surface area (Å²) in [4.78, 5) is 25.0. The van der Waals surface area contributed by atoms with Crippen LogP contribution in [0, 0.1) is 5.82 Å². The second-order valence-electron chi connectivity index (χ2n) is 8.22. The fourth-order valence-corrected chi connectivity index (χ4v) is 3.60. The Balaban J connectivity index is 1.81. The molecule has 1 amide bonds. The Kier molecular flexibility index (Phi) is 6.22. The molecule has 1 heterocycles. The summed E-state index contributed by atoms with van der Waals surface area (Å²) in [7, 11) is 0. The zero-order chi connectivity index (χ0) is 22.1. The lowest BCUT2D eigenvalue weighted by molar-refractivity contribution is 0.0293. The summed E-state index contributed by atoms with van der Waals surface area (Å²) in [5.41, 5.74) is 1.21. The van der Waals surface area contributed by atoms with Gasteiger partial charge in [0.15, 0.2) is 0 Å². The van der Waals surface area contributed by atoms with Crippen molar-refractivity contribution in [3.05, 3.63) is 52.8 Å². The van der Waals surface area contributed by atoms with Crippen LogP contribution >= 0.6 is 11.6 Å². The third kappa shape index (κ3) is 5.02. The molecule has 0 unspecified atom stereocenters. The summed E-state index contributed by atoms with van der Waals surface area (Å²) in [6, 6.07) is 8.90. The average Bonchev–Trinajstić information content (AvgIpc) is 3.12. The predicted molar refractivity (Wildman–Crippen MR) is 114 cm³/mol. The van der Waals surface area contributed by atoms with Crippen molar-refractivity contribution >= 4 is 29.4 Å². The number of hydrogen-bond donors (Lipinski definition) is 2. The molecular weight excluding hydrogens is 411 g/mol. The van der Waals surface area contributed by atoms with Crippen LogP contribution in [0.4, 0.5) is 14.9 Å². The summed E-state index contributed by atoms with van der Waals surface area (Å²) in [5, 5.41) is 12.4. The van der Waals surface area contributed by atoms with Crippen molar-refractivity contribution in [1.82, 2.24) is 4.90 Å². The van der Waals surface area contributed by atoms with Crippen LogP contribution in [-0.4, -0.2) is 46.8 Å². The lowest BCUT2D eigenvalue weighted by Crippen LogP contribution is -2.36. The highest BCUT2D eigenvalue weighted by Crippen LogP contribution is 2.37. The van der Waals surface area contributed by atoms with E-state index in [0.29, 0.717) is 36.3 Å². The van der Waals surface area contributed by atoms with E-state index in [2.05, 4.69) is 5.32 Å². The fourth-order valence-electron chi connectivity index (χ4n) is 3.32. The van der Waals surface area contributed by atoms with Gasteiger partial charge in [-0.05, 0) is 57.0 Å². The van der Waals surface area contributed by atoms with Gasteiger partial charge in [-0.25, -0.2) is 14.0 Å². The van der Waals surface area contributed by atoms with E-state index in [0.717, 1.165) is 0 Å². The van der Waals surface area contributed by atoms with Crippen LogP contribution in [0.3, 0.4) is 0 Å². The lowest BCUT2D eigenvalue weighted by atomic mass is 10.0. The van der Waals surface area contributed by atoms with E-state index in [1.54, 1.807) is 23.1 Å². The molecule has 0 aliphatic carbocycles. The second-order valence-corrected chi connectivity index (χ2v) is 8.60. The Morgan fingerprint density at radius 1 is 1.20 bits per heavy atom. The van der Waals surface area contributed by atoms with Crippen molar-refractivity contribution in [2.24, 2.45) is 0 Å². The van der Waals surface area contributed by atoms with E-state index in [4.69, 9.17) is 21.4 Å². The van der Waals surface area contributed by atoms with E-state index in [9.17, 15) is 14.0 Å². The summed E-state index contributed by atoms with van der Waals surface area (Å²) >= 11 is 6.26. The Bertz CT molecular complexity index is 957. The van der Waals surface area contributed by atoms with Gasteiger partial charge in [-0.1, -0.05) is 23.7 Å². The molecule has 2 aromatic rings. The van der Waals surface area contributed by atoms with Gasteiger partial charge in [0, 0.05) is 30.4 Å². The minimum atomic E-state index is -1.04. The number of ether oxygens (including phenoxy) is 1. The molecule has 160 valence electrons. The molecule has 30 heavy (non-hydrogen) atoms. The van der Waals surface area contributed by atoms with Crippen LogP contribution in [0.25, 0.3) is 11.1 Å². The predicted octanol–water partition coefficient (Wildman–Crippen LogP) is 5.27. The minimum absolute atomic E-state index is 0.0509. The Labute approximate surface area is 179 Å². The van der Waals surface area contributed by atoms with Crippen molar-refractivity contribution in [3.63, 3.8) is 0 Å². The summed E-state index contributed by atoms with van der Waals surface area (Å²) < 4.78 is 19.6. The molecule has 1 fully saturated rings. The Morgan fingerprint density at radius 3 is 2.47 bits per heavy atom. The first kappa shape index (κ1) is 21.9. The molecular formula is C22H24ClFN2O4.